The van der Waals surface area contributed by atoms with E-state index >= 15 is 0 Å². The van der Waals surface area contributed by atoms with Crippen LogP contribution in [0, 0.1) is 0 Å². The Morgan fingerprint density at radius 2 is 2.00 bits per heavy atom. The van der Waals surface area contributed by atoms with Gasteiger partial charge in [0.25, 0.3) is 11.7 Å². The lowest BCUT2D eigenvalue weighted by Gasteiger charge is -2.16. The summed E-state index contributed by atoms with van der Waals surface area (Å²) in [4.78, 5) is 24.8. The van der Waals surface area contributed by atoms with Crippen molar-refractivity contribution in [2.45, 2.75) is 0 Å². The second kappa shape index (κ2) is 3.90. The maximum Gasteiger partial charge on any atom is 0.299 e. The van der Waals surface area contributed by atoms with Crippen molar-refractivity contribution in [3.63, 3.8) is 0 Å². The number of anilines is 1. The van der Waals surface area contributed by atoms with Crippen LogP contribution in [0.5, 0.6) is 0 Å². The van der Waals surface area contributed by atoms with E-state index in [0.717, 1.165) is 5.57 Å². The van der Waals surface area contributed by atoms with E-state index in [4.69, 9.17) is 5.73 Å². The van der Waals surface area contributed by atoms with Crippen LogP contribution in [0.1, 0.15) is 10.4 Å². The molecule has 1 amide bonds. The molecule has 0 fully saturated rings. The molecule has 2 N–H and O–H groups in total. The zero-order valence-electron chi connectivity index (χ0n) is 8.77. The molecule has 1 aliphatic rings. The van der Waals surface area contributed by atoms with Crippen molar-refractivity contribution in [1.29, 1.82) is 0 Å². The maximum absolute atomic E-state index is 11.7. The number of nitrogens with zero attached hydrogens (tertiary/aromatic N) is 1. The number of rotatable bonds is 3. The molecule has 1 aliphatic heterocycles. The third-order valence-corrected chi connectivity index (χ3v) is 2.55. The number of carbonyl (C=O) groups excluding carboxylic acids is 2. The van der Waals surface area contributed by atoms with Gasteiger partial charge in [-0.1, -0.05) is 18.7 Å². The number of carbonyl (C=O) groups is 2. The molecular formula is C12H12N2O2. The average Bonchev–Trinajstić information content (AvgIpc) is 2.55. The molecule has 0 saturated carbocycles. The first-order valence-electron chi connectivity index (χ1n) is 4.97. The lowest BCUT2D eigenvalue weighted by Crippen LogP contribution is -2.32. The molecule has 4 nitrogen and oxygen atoms in total. The number of hydrogen-bond donors (Lipinski definition) is 1. The van der Waals surface area contributed by atoms with Gasteiger partial charge in [-0.2, -0.15) is 0 Å². The third kappa shape index (κ3) is 1.53. The van der Waals surface area contributed by atoms with Crippen LogP contribution < -0.4 is 10.6 Å². The van der Waals surface area contributed by atoms with Crippen LogP contribution in [0.25, 0.3) is 0 Å². The molecule has 1 heterocycles. The molecule has 2 rings (SSSR count). The van der Waals surface area contributed by atoms with Crippen molar-refractivity contribution < 1.29 is 9.59 Å². The largest absolute Gasteiger partial charge is 0.327 e. The Bertz CT molecular complexity index is 480. The van der Waals surface area contributed by atoms with Gasteiger partial charge in [0.15, 0.2) is 0 Å². The van der Waals surface area contributed by atoms with Crippen molar-refractivity contribution in [3.8, 4) is 0 Å². The molecule has 0 radical (unpaired) electrons. The predicted molar refractivity (Wildman–Crippen MR) is 61.3 cm³/mol. The van der Waals surface area contributed by atoms with E-state index < -0.39 is 11.7 Å². The summed E-state index contributed by atoms with van der Waals surface area (Å²) in [5.74, 6) is -0.962. The Morgan fingerprint density at radius 3 is 2.69 bits per heavy atom. The Hall–Kier alpha value is -1.94. The lowest BCUT2D eigenvalue weighted by molar-refractivity contribution is -0.114. The highest BCUT2D eigenvalue weighted by Crippen LogP contribution is 2.28. The molecule has 0 aromatic heterocycles. The van der Waals surface area contributed by atoms with Crippen molar-refractivity contribution in [1.82, 2.24) is 0 Å². The molecule has 0 unspecified atom stereocenters. The molecule has 0 atom stereocenters. The molecule has 0 saturated heterocycles. The second-order valence-electron chi connectivity index (χ2n) is 3.69. The minimum Gasteiger partial charge on any atom is -0.327 e. The summed E-state index contributed by atoms with van der Waals surface area (Å²) in [5.41, 5.74) is 7.25. The molecule has 0 aliphatic carbocycles. The molecule has 1 aromatic rings. The number of nitrogens with two attached hydrogens (primary N) is 1. The topological polar surface area (TPSA) is 63.4 Å². The van der Waals surface area contributed by atoms with E-state index in [1.54, 1.807) is 24.3 Å². The van der Waals surface area contributed by atoms with E-state index in [2.05, 4.69) is 6.58 Å². The smallest absolute Gasteiger partial charge is 0.299 e. The summed E-state index contributed by atoms with van der Waals surface area (Å²) < 4.78 is 0. The second-order valence-corrected chi connectivity index (χ2v) is 3.69. The fourth-order valence-electron chi connectivity index (χ4n) is 1.69. The van der Waals surface area contributed by atoms with Crippen LogP contribution in [0.2, 0.25) is 0 Å². The van der Waals surface area contributed by atoms with Crippen molar-refractivity contribution >= 4 is 17.4 Å². The van der Waals surface area contributed by atoms with E-state index in [-0.39, 0.29) is 0 Å². The maximum atomic E-state index is 11.7. The fraction of sp³-hybridized carbons (Fsp3) is 0.167. The van der Waals surface area contributed by atoms with E-state index in [9.17, 15) is 9.59 Å². The number of Topliss-reactive ketones (excluding diaryl/α,β-unsaturated/α-hetero) is 1. The van der Waals surface area contributed by atoms with Gasteiger partial charge in [-0.3, -0.25) is 9.59 Å². The van der Waals surface area contributed by atoms with E-state index in [1.165, 1.54) is 4.90 Å². The molecule has 0 spiro atoms. The number of amides is 1. The number of fused-ring (bicyclic) bond motifs is 1. The zero-order chi connectivity index (χ0) is 11.7. The molecular weight excluding hydrogens is 204 g/mol. The number of ketones is 1. The van der Waals surface area contributed by atoms with Gasteiger partial charge in [0, 0.05) is 13.1 Å². The molecule has 1 aromatic carbocycles. The highest BCUT2D eigenvalue weighted by atomic mass is 16.2. The summed E-state index contributed by atoms with van der Waals surface area (Å²) in [6, 6.07) is 6.94. The zero-order valence-corrected chi connectivity index (χ0v) is 8.77. The normalized spacial score (nSPS) is 14.2. The highest BCUT2D eigenvalue weighted by molar-refractivity contribution is 6.52. The van der Waals surface area contributed by atoms with Crippen molar-refractivity contribution in [2.24, 2.45) is 5.73 Å². The summed E-state index contributed by atoms with van der Waals surface area (Å²) in [6.07, 6.45) is 0. The van der Waals surface area contributed by atoms with Gasteiger partial charge in [-0.05, 0) is 17.7 Å². The highest BCUT2D eigenvalue weighted by Gasteiger charge is 2.35. The summed E-state index contributed by atoms with van der Waals surface area (Å²) >= 11 is 0. The molecule has 0 bridgehead atoms. The standard InChI is InChI=1S/C12H12N2O2/c1-8(6-13)7-14-10-5-3-2-4-9(10)11(15)12(14)16/h2-5H,1,6-7,13H2. The van der Waals surface area contributed by atoms with Crippen LogP contribution >= 0.6 is 0 Å². The summed E-state index contributed by atoms with van der Waals surface area (Å²) in [5, 5.41) is 0. The van der Waals surface area contributed by atoms with Crippen LogP contribution in [0.4, 0.5) is 5.69 Å². The SMILES string of the molecule is C=C(CN)CN1C(=O)C(=O)c2ccccc21. The fourth-order valence-corrected chi connectivity index (χ4v) is 1.69. The Kier molecular flexibility index (Phi) is 2.58. The number of benzene rings is 1. The quantitative estimate of drug-likeness (QED) is 0.598. The first kappa shape index (κ1) is 10.6. The number of para-hydroxylation sites is 1. The van der Waals surface area contributed by atoms with Crippen molar-refractivity contribution in [2.75, 3.05) is 18.0 Å². The monoisotopic (exact) mass is 216 g/mol. The van der Waals surface area contributed by atoms with Gasteiger partial charge < -0.3 is 10.6 Å². The van der Waals surface area contributed by atoms with E-state index in [0.29, 0.717) is 24.3 Å². The Balaban J connectivity index is 2.37. The van der Waals surface area contributed by atoms with E-state index in [1.807, 2.05) is 0 Å². The molecule has 82 valence electrons. The van der Waals surface area contributed by atoms with Crippen LogP contribution in [-0.2, 0) is 4.79 Å². The molecule has 16 heavy (non-hydrogen) atoms. The van der Waals surface area contributed by atoms with Gasteiger partial charge in [-0.15, -0.1) is 0 Å². The van der Waals surface area contributed by atoms with Gasteiger partial charge in [-0.25, -0.2) is 0 Å². The van der Waals surface area contributed by atoms with Crippen LogP contribution in [0.3, 0.4) is 0 Å². The van der Waals surface area contributed by atoms with Gasteiger partial charge in [0.1, 0.15) is 0 Å². The van der Waals surface area contributed by atoms with Gasteiger partial charge in [0.2, 0.25) is 0 Å². The summed E-state index contributed by atoms with van der Waals surface area (Å²) in [7, 11) is 0. The minimum absolute atomic E-state index is 0.304. The summed E-state index contributed by atoms with van der Waals surface area (Å²) in [6.45, 7) is 4.35. The first-order chi connectivity index (χ1) is 7.65. The van der Waals surface area contributed by atoms with Crippen molar-refractivity contribution in [3.05, 3.63) is 42.0 Å². The van der Waals surface area contributed by atoms with Gasteiger partial charge >= 0.3 is 0 Å². The molecule has 4 heteroatoms. The Morgan fingerprint density at radius 1 is 1.31 bits per heavy atom. The number of hydrogen-bond acceptors (Lipinski definition) is 3. The predicted octanol–water partition coefficient (Wildman–Crippen LogP) is 0.731. The minimum atomic E-state index is -0.504. The van der Waals surface area contributed by atoms with Gasteiger partial charge in [0.05, 0.1) is 11.3 Å². The lowest BCUT2D eigenvalue weighted by atomic mass is 10.1. The van der Waals surface area contributed by atoms with Crippen LogP contribution in [-0.4, -0.2) is 24.8 Å². The average molecular weight is 216 g/mol. The third-order valence-electron chi connectivity index (χ3n) is 2.55. The van der Waals surface area contributed by atoms with Crippen LogP contribution in [0.15, 0.2) is 36.4 Å². The first-order valence-corrected chi connectivity index (χ1v) is 4.97. The Labute approximate surface area is 93.3 Å².